The first kappa shape index (κ1) is 15.0. The van der Waals surface area contributed by atoms with Crippen LogP contribution in [-0.4, -0.2) is 11.8 Å². The first-order valence-electron chi connectivity index (χ1n) is 6.67. The number of alkyl halides is 1. The maximum Gasteiger partial charge on any atom is 0.227 e. The molecule has 0 heterocycles. The predicted octanol–water partition coefficient (Wildman–Crippen LogP) is 4.23. The number of carbonyl (C=O) groups excluding carboxylic acids is 1. The molecule has 1 amide bonds. The monoisotopic (exact) mass is 267 g/mol. The van der Waals surface area contributed by atoms with Gasteiger partial charge in [-0.15, -0.1) is 11.6 Å². The number of carbonyl (C=O) groups is 1. The topological polar surface area (TPSA) is 29.1 Å². The Hall–Kier alpha value is -1.02. The first-order chi connectivity index (χ1) is 8.71. The second kappa shape index (κ2) is 8.15. The van der Waals surface area contributed by atoms with E-state index in [2.05, 4.69) is 11.4 Å². The van der Waals surface area contributed by atoms with E-state index < -0.39 is 0 Å². The Morgan fingerprint density at radius 3 is 2.67 bits per heavy atom. The molecular weight excluding hydrogens is 246 g/mol. The van der Waals surface area contributed by atoms with Crippen molar-refractivity contribution in [1.82, 2.24) is 0 Å². The molecule has 1 aromatic carbocycles. The minimum atomic E-state index is 0.108. The quantitative estimate of drug-likeness (QED) is 0.736. The van der Waals surface area contributed by atoms with E-state index in [9.17, 15) is 4.79 Å². The van der Waals surface area contributed by atoms with Crippen molar-refractivity contribution in [3.8, 4) is 0 Å². The fourth-order valence-electron chi connectivity index (χ4n) is 1.98. The molecule has 3 heteroatoms. The predicted molar refractivity (Wildman–Crippen MR) is 78.2 cm³/mol. The summed E-state index contributed by atoms with van der Waals surface area (Å²) in [6.07, 6.45) is 3.69. The Morgan fingerprint density at radius 1 is 1.33 bits per heavy atom. The summed E-state index contributed by atoms with van der Waals surface area (Å²) in [7, 11) is 0. The minimum Gasteiger partial charge on any atom is -0.326 e. The van der Waals surface area contributed by atoms with Gasteiger partial charge in [-0.1, -0.05) is 26.0 Å². The van der Waals surface area contributed by atoms with Gasteiger partial charge in [0, 0.05) is 17.5 Å². The number of rotatable bonds is 7. The van der Waals surface area contributed by atoms with Crippen LogP contribution in [0.4, 0.5) is 5.69 Å². The number of amides is 1. The molecule has 1 rings (SSSR count). The summed E-state index contributed by atoms with van der Waals surface area (Å²) in [5.41, 5.74) is 2.11. The third-order valence-corrected chi connectivity index (χ3v) is 3.42. The molecule has 100 valence electrons. The van der Waals surface area contributed by atoms with Crippen LogP contribution in [-0.2, 0) is 11.2 Å². The fourth-order valence-corrected chi connectivity index (χ4v) is 2.11. The number of hydrogen-bond acceptors (Lipinski definition) is 1. The van der Waals surface area contributed by atoms with E-state index in [4.69, 9.17) is 11.6 Å². The lowest BCUT2D eigenvalue weighted by molar-refractivity contribution is -0.120. The number of anilines is 1. The van der Waals surface area contributed by atoms with Gasteiger partial charge >= 0.3 is 0 Å². The molecule has 0 fully saturated rings. The zero-order valence-corrected chi connectivity index (χ0v) is 12.0. The van der Waals surface area contributed by atoms with Gasteiger partial charge < -0.3 is 5.32 Å². The van der Waals surface area contributed by atoms with E-state index in [-0.39, 0.29) is 11.8 Å². The van der Waals surface area contributed by atoms with Crippen molar-refractivity contribution >= 4 is 23.2 Å². The number of benzene rings is 1. The second-order valence-corrected chi connectivity index (χ2v) is 4.87. The van der Waals surface area contributed by atoms with Gasteiger partial charge in [-0.05, 0) is 43.4 Å². The largest absolute Gasteiger partial charge is 0.326 e. The average Bonchev–Trinajstić information content (AvgIpc) is 2.38. The molecule has 1 N–H and O–H groups in total. The van der Waals surface area contributed by atoms with Gasteiger partial charge in [-0.25, -0.2) is 0 Å². The number of aryl methyl sites for hydroxylation is 1. The van der Waals surface area contributed by atoms with Gasteiger partial charge in [0.05, 0.1) is 0 Å². The summed E-state index contributed by atoms with van der Waals surface area (Å²) in [4.78, 5) is 12.0. The van der Waals surface area contributed by atoms with Crippen molar-refractivity contribution in [2.75, 3.05) is 11.2 Å². The molecule has 0 spiro atoms. The highest BCUT2D eigenvalue weighted by Crippen LogP contribution is 2.16. The van der Waals surface area contributed by atoms with E-state index in [1.807, 2.05) is 32.0 Å². The van der Waals surface area contributed by atoms with Gasteiger partial charge in [0.2, 0.25) is 5.91 Å². The standard InChI is InChI=1S/C15H22ClNO/c1-3-13(4-2)15(18)17-14-9-5-7-12(11-14)8-6-10-16/h5,7,9,11,13H,3-4,6,8,10H2,1-2H3,(H,17,18). The summed E-state index contributed by atoms with van der Waals surface area (Å²) in [6, 6.07) is 8.02. The number of halogens is 1. The van der Waals surface area contributed by atoms with Crippen LogP contribution >= 0.6 is 11.6 Å². The van der Waals surface area contributed by atoms with Crippen molar-refractivity contribution in [2.24, 2.45) is 5.92 Å². The maximum atomic E-state index is 12.0. The Bertz CT molecular complexity index is 375. The molecule has 1 aromatic rings. The van der Waals surface area contributed by atoms with Crippen molar-refractivity contribution in [2.45, 2.75) is 39.5 Å². The van der Waals surface area contributed by atoms with Crippen LogP contribution in [0.25, 0.3) is 0 Å². The third-order valence-electron chi connectivity index (χ3n) is 3.15. The fraction of sp³-hybridized carbons (Fsp3) is 0.533. The summed E-state index contributed by atoms with van der Waals surface area (Å²) >= 11 is 5.68. The Labute approximate surface area is 115 Å². The first-order valence-corrected chi connectivity index (χ1v) is 7.20. The molecule has 0 aromatic heterocycles. The molecule has 0 saturated heterocycles. The molecule has 0 bridgehead atoms. The molecule has 0 radical (unpaired) electrons. The molecule has 0 aliphatic rings. The Morgan fingerprint density at radius 2 is 2.06 bits per heavy atom. The highest BCUT2D eigenvalue weighted by Gasteiger charge is 2.13. The van der Waals surface area contributed by atoms with Crippen molar-refractivity contribution in [3.05, 3.63) is 29.8 Å². The van der Waals surface area contributed by atoms with Crippen LogP contribution in [0.3, 0.4) is 0 Å². The van der Waals surface area contributed by atoms with E-state index >= 15 is 0 Å². The molecule has 0 unspecified atom stereocenters. The van der Waals surface area contributed by atoms with Crippen LogP contribution in [0.5, 0.6) is 0 Å². The van der Waals surface area contributed by atoms with E-state index in [1.165, 1.54) is 5.56 Å². The van der Waals surface area contributed by atoms with Crippen molar-refractivity contribution in [1.29, 1.82) is 0 Å². The van der Waals surface area contributed by atoms with Crippen LogP contribution in [0.2, 0.25) is 0 Å². The van der Waals surface area contributed by atoms with Gasteiger partial charge in [-0.2, -0.15) is 0 Å². The van der Waals surface area contributed by atoms with Gasteiger partial charge in [-0.3, -0.25) is 4.79 Å². The van der Waals surface area contributed by atoms with Crippen LogP contribution in [0.1, 0.15) is 38.7 Å². The number of nitrogens with one attached hydrogen (secondary N) is 1. The number of hydrogen-bond donors (Lipinski definition) is 1. The Kier molecular flexibility index (Phi) is 6.81. The summed E-state index contributed by atoms with van der Waals surface area (Å²) in [5, 5.41) is 2.99. The van der Waals surface area contributed by atoms with Crippen LogP contribution in [0.15, 0.2) is 24.3 Å². The second-order valence-electron chi connectivity index (χ2n) is 4.50. The maximum absolute atomic E-state index is 12.0. The van der Waals surface area contributed by atoms with E-state index in [0.29, 0.717) is 5.88 Å². The molecule has 0 aliphatic heterocycles. The lowest BCUT2D eigenvalue weighted by Gasteiger charge is -2.13. The summed E-state index contributed by atoms with van der Waals surface area (Å²) in [5.74, 6) is 0.899. The zero-order chi connectivity index (χ0) is 13.4. The van der Waals surface area contributed by atoms with Gasteiger partial charge in [0.25, 0.3) is 0 Å². The molecule has 18 heavy (non-hydrogen) atoms. The lowest BCUT2D eigenvalue weighted by atomic mass is 10.0. The molecule has 0 saturated carbocycles. The zero-order valence-electron chi connectivity index (χ0n) is 11.2. The highest BCUT2D eigenvalue weighted by molar-refractivity contribution is 6.17. The highest BCUT2D eigenvalue weighted by atomic mass is 35.5. The van der Waals surface area contributed by atoms with Crippen molar-refractivity contribution in [3.63, 3.8) is 0 Å². The van der Waals surface area contributed by atoms with E-state index in [0.717, 1.165) is 31.4 Å². The van der Waals surface area contributed by atoms with Gasteiger partial charge in [0.15, 0.2) is 0 Å². The lowest BCUT2D eigenvalue weighted by Crippen LogP contribution is -2.21. The van der Waals surface area contributed by atoms with Crippen LogP contribution in [0, 0.1) is 5.92 Å². The summed E-state index contributed by atoms with van der Waals surface area (Å²) < 4.78 is 0. The smallest absolute Gasteiger partial charge is 0.227 e. The third kappa shape index (κ3) is 4.69. The molecule has 0 aliphatic carbocycles. The SMILES string of the molecule is CCC(CC)C(=O)Nc1cccc(CCCCl)c1. The molecule has 2 nitrogen and oxygen atoms in total. The molecule has 0 atom stereocenters. The average molecular weight is 268 g/mol. The summed E-state index contributed by atoms with van der Waals surface area (Å²) in [6.45, 7) is 4.09. The normalized spacial score (nSPS) is 10.7. The van der Waals surface area contributed by atoms with Gasteiger partial charge in [0.1, 0.15) is 0 Å². The minimum absolute atomic E-state index is 0.108. The van der Waals surface area contributed by atoms with Crippen molar-refractivity contribution < 1.29 is 4.79 Å². The van der Waals surface area contributed by atoms with E-state index in [1.54, 1.807) is 0 Å². The van der Waals surface area contributed by atoms with Crippen LogP contribution < -0.4 is 5.32 Å². The Balaban J connectivity index is 2.63. The molecular formula is C15H22ClNO.